The smallest absolute Gasteiger partial charge is 0.308 e. The van der Waals surface area contributed by atoms with Gasteiger partial charge in [-0.25, -0.2) is 0 Å². The van der Waals surface area contributed by atoms with Crippen LogP contribution < -0.4 is 0 Å². The van der Waals surface area contributed by atoms with E-state index in [0.717, 1.165) is 21.5 Å². The molecule has 1 aliphatic heterocycles. The lowest BCUT2D eigenvalue weighted by molar-refractivity contribution is -0.141. The average molecular weight is 398 g/mol. The number of carboxylic acids is 1. The molecule has 2 aromatic heterocycles. The zero-order chi connectivity index (χ0) is 20.0. The van der Waals surface area contributed by atoms with Crippen LogP contribution in [0.4, 0.5) is 0 Å². The summed E-state index contributed by atoms with van der Waals surface area (Å²) in [7, 11) is 1.89. The lowest BCUT2D eigenvalue weighted by atomic mass is 9.89. The van der Waals surface area contributed by atoms with E-state index in [0.29, 0.717) is 11.4 Å². The molecular formula is C21H23N3O3S. The molecule has 28 heavy (non-hydrogen) atoms. The standard InChI is InChI=1S/C21H23N3O3S/c1-12(2)18-14-9-17(28-20(14)23(3)22-18)19(25)24-10-15(16(11-24)21(26)27)13-7-5-4-6-8-13/h4-9,12,15-16H,10-11H2,1-3H3,(H,26,27)/t15-,16-/m0/s1. The first-order valence-electron chi connectivity index (χ1n) is 9.40. The van der Waals surface area contributed by atoms with E-state index in [2.05, 4.69) is 18.9 Å². The Balaban J connectivity index is 1.64. The molecule has 0 aliphatic carbocycles. The van der Waals surface area contributed by atoms with Gasteiger partial charge in [0.25, 0.3) is 5.91 Å². The van der Waals surface area contributed by atoms with Crippen LogP contribution in [0.1, 0.15) is 46.6 Å². The molecule has 3 heterocycles. The van der Waals surface area contributed by atoms with Crippen molar-refractivity contribution in [3.63, 3.8) is 0 Å². The van der Waals surface area contributed by atoms with E-state index in [4.69, 9.17) is 0 Å². The molecule has 0 bridgehead atoms. The van der Waals surface area contributed by atoms with Crippen LogP contribution in [-0.4, -0.2) is 44.8 Å². The summed E-state index contributed by atoms with van der Waals surface area (Å²) in [5, 5.41) is 15.3. The van der Waals surface area contributed by atoms with E-state index < -0.39 is 11.9 Å². The van der Waals surface area contributed by atoms with Gasteiger partial charge in [0.15, 0.2) is 0 Å². The third-order valence-corrected chi connectivity index (χ3v) is 6.64. The lowest BCUT2D eigenvalue weighted by Crippen LogP contribution is -2.29. The lowest BCUT2D eigenvalue weighted by Gasteiger charge is -2.15. The van der Waals surface area contributed by atoms with Gasteiger partial charge in [-0.1, -0.05) is 44.2 Å². The fourth-order valence-electron chi connectivity index (χ4n) is 4.01. The van der Waals surface area contributed by atoms with Gasteiger partial charge in [-0.3, -0.25) is 14.3 Å². The van der Waals surface area contributed by atoms with Crippen molar-refractivity contribution in [3.8, 4) is 0 Å². The number of aromatic nitrogens is 2. The summed E-state index contributed by atoms with van der Waals surface area (Å²) >= 11 is 1.43. The summed E-state index contributed by atoms with van der Waals surface area (Å²) in [5.74, 6) is -1.46. The van der Waals surface area contributed by atoms with Crippen LogP contribution in [0.5, 0.6) is 0 Å². The number of aliphatic carboxylic acids is 1. The Kier molecular flexibility index (Phi) is 4.71. The van der Waals surface area contributed by atoms with Gasteiger partial charge in [-0.05, 0) is 17.5 Å². The molecule has 4 rings (SSSR count). The predicted molar refractivity (Wildman–Crippen MR) is 109 cm³/mol. The molecule has 1 saturated heterocycles. The second-order valence-corrected chi connectivity index (χ2v) is 8.70. The molecule has 1 aromatic carbocycles. The Morgan fingerprint density at radius 1 is 1.21 bits per heavy atom. The number of nitrogens with zero attached hydrogens (tertiary/aromatic N) is 3. The number of thiophene rings is 1. The molecule has 146 valence electrons. The summed E-state index contributed by atoms with van der Waals surface area (Å²) in [5.41, 5.74) is 1.95. The second-order valence-electron chi connectivity index (χ2n) is 7.67. The summed E-state index contributed by atoms with van der Waals surface area (Å²) in [6, 6.07) is 11.5. The van der Waals surface area contributed by atoms with E-state index in [-0.39, 0.29) is 24.3 Å². The minimum atomic E-state index is -0.855. The van der Waals surface area contributed by atoms with Crippen molar-refractivity contribution in [2.75, 3.05) is 13.1 Å². The molecule has 1 fully saturated rings. The minimum Gasteiger partial charge on any atom is -0.481 e. The van der Waals surface area contributed by atoms with Gasteiger partial charge in [0, 0.05) is 31.4 Å². The number of hydrogen-bond donors (Lipinski definition) is 1. The number of fused-ring (bicyclic) bond motifs is 1. The first kappa shape index (κ1) is 18.7. The SMILES string of the molecule is CC(C)c1nn(C)c2sc(C(=O)N3C[C@H](C(=O)O)[C@H](c4ccccc4)C3)cc12. The number of carbonyl (C=O) groups is 2. The number of benzene rings is 1. The van der Waals surface area contributed by atoms with Gasteiger partial charge in [0.1, 0.15) is 4.83 Å². The zero-order valence-electron chi connectivity index (χ0n) is 16.1. The summed E-state index contributed by atoms with van der Waals surface area (Å²) in [4.78, 5) is 28.3. The molecule has 1 aliphatic rings. The highest BCUT2D eigenvalue weighted by atomic mass is 32.1. The van der Waals surface area contributed by atoms with Crippen LogP contribution in [0.25, 0.3) is 10.2 Å². The van der Waals surface area contributed by atoms with E-state index >= 15 is 0 Å². The number of carboxylic acid groups (broad SMARTS) is 1. The van der Waals surface area contributed by atoms with Crippen LogP contribution in [0.15, 0.2) is 36.4 Å². The molecule has 3 aromatic rings. The Bertz CT molecular complexity index is 1040. The maximum atomic E-state index is 13.2. The Morgan fingerprint density at radius 2 is 1.93 bits per heavy atom. The van der Waals surface area contributed by atoms with E-state index in [1.165, 1.54) is 11.3 Å². The quantitative estimate of drug-likeness (QED) is 0.728. The third-order valence-electron chi connectivity index (χ3n) is 5.45. The molecule has 7 heteroatoms. The highest BCUT2D eigenvalue weighted by Crippen LogP contribution is 2.36. The van der Waals surface area contributed by atoms with Crippen molar-refractivity contribution in [1.82, 2.24) is 14.7 Å². The zero-order valence-corrected chi connectivity index (χ0v) is 16.9. The number of hydrogen-bond acceptors (Lipinski definition) is 4. The minimum absolute atomic E-state index is 0.0967. The fraction of sp³-hybridized carbons (Fsp3) is 0.381. The number of amides is 1. The van der Waals surface area contributed by atoms with Crippen LogP contribution in [0.3, 0.4) is 0 Å². The largest absolute Gasteiger partial charge is 0.481 e. The van der Waals surface area contributed by atoms with Gasteiger partial charge in [-0.15, -0.1) is 11.3 Å². The Labute approximate surface area is 167 Å². The molecule has 6 nitrogen and oxygen atoms in total. The molecule has 0 unspecified atom stereocenters. The molecule has 2 atom stereocenters. The van der Waals surface area contributed by atoms with Crippen LogP contribution in [-0.2, 0) is 11.8 Å². The molecule has 1 amide bonds. The summed E-state index contributed by atoms with van der Waals surface area (Å²) in [6.45, 7) is 4.83. The Hall–Kier alpha value is -2.67. The third kappa shape index (κ3) is 3.09. The van der Waals surface area contributed by atoms with Crippen molar-refractivity contribution in [2.45, 2.75) is 25.7 Å². The highest BCUT2D eigenvalue weighted by molar-refractivity contribution is 7.20. The molecule has 0 saturated carbocycles. The fourth-order valence-corrected chi connectivity index (χ4v) is 5.06. The van der Waals surface area contributed by atoms with Gasteiger partial charge < -0.3 is 10.0 Å². The summed E-state index contributed by atoms with van der Waals surface area (Å²) < 4.78 is 1.82. The molecular weight excluding hydrogens is 374 g/mol. The molecule has 0 spiro atoms. The van der Waals surface area contributed by atoms with E-state index in [9.17, 15) is 14.7 Å². The predicted octanol–water partition coefficient (Wildman–Crippen LogP) is 3.70. The van der Waals surface area contributed by atoms with Crippen molar-refractivity contribution in [2.24, 2.45) is 13.0 Å². The number of likely N-dealkylation sites (tertiary alicyclic amines) is 1. The maximum absolute atomic E-state index is 13.2. The normalized spacial score (nSPS) is 19.6. The number of rotatable bonds is 4. The highest BCUT2D eigenvalue weighted by Gasteiger charge is 2.41. The van der Waals surface area contributed by atoms with Gasteiger partial charge >= 0.3 is 5.97 Å². The first-order valence-corrected chi connectivity index (χ1v) is 10.2. The van der Waals surface area contributed by atoms with Crippen molar-refractivity contribution < 1.29 is 14.7 Å². The van der Waals surface area contributed by atoms with Crippen molar-refractivity contribution in [1.29, 1.82) is 0 Å². The van der Waals surface area contributed by atoms with Crippen LogP contribution in [0.2, 0.25) is 0 Å². The number of aryl methyl sites for hydroxylation is 1. The topological polar surface area (TPSA) is 75.4 Å². The molecule has 1 N–H and O–H groups in total. The second kappa shape index (κ2) is 7.05. The van der Waals surface area contributed by atoms with Gasteiger partial charge in [0.2, 0.25) is 0 Å². The maximum Gasteiger partial charge on any atom is 0.308 e. The van der Waals surface area contributed by atoms with Crippen molar-refractivity contribution in [3.05, 3.63) is 52.5 Å². The van der Waals surface area contributed by atoms with Crippen molar-refractivity contribution >= 4 is 33.4 Å². The number of carbonyl (C=O) groups excluding carboxylic acids is 1. The Morgan fingerprint density at radius 3 is 2.57 bits per heavy atom. The average Bonchev–Trinajstić information content (AvgIpc) is 3.36. The monoisotopic (exact) mass is 397 g/mol. The van der Waals surface area contributed by atoms with Gasteiger partial charge in [-0.2, -0.15) is 5.10 Å². The van der Waals surface area contributed by atoms with Crippen LogP contribution in [0, 0.1) is 5.92 Å². The van der Waals surface area contributed by atoms with Gasteiger partial charge in [0.05, 0.1) is 16.5 Å². The van der Waals surface area contributed by atoms with E-state index in [1.807, 2.05) is 48.1 Å². The van der Waals surface area contributed by atoms with E-state index in [1.54, 1.807) is 4.90 Å². The van der Waals surface area contributed by atoms with Crippen LogP contribution >= 0.6 is 11.3 Å². The first-order chi connectivity index (χ1) is 13.4. The molecule has 0 radical (unpaired) electrons. The summed E-state index contributed by atoms with van der Waals surface area (Å²) in [6.07, 6.45) is 0.